The van der Waals surface area contributed by atoms with Crippen LogP contribution in [0, 0.1) is 5.82 Å². The Kier molecular flexibility index (Phi) is 3.24. The zero-order chi connectivity index (χ0) is 13.3. The molecule has 0 fully saturated rings. The molecule has 0 aliphatic carbocycles. The van der Waals surface area contributed by atoms with Crippen LogP contribution in [-0.2, 0) is 0 Å². The lowest BCUT2D eigenvalue weighted by atomic mass is 10.3. The predicted octanol–water partition coefficient (Wildman–Crippen LogP) is 1.09. The largest absolute Gasteiger partial charge is 0.492 e. The minimum Gasteiger partial charge on any atom is -0.492 e. The molecule has 94 valence electrons. The molecule has 2 rings (SSSR count). The van der Waals surface area contributed by atoms with Gasteiger partial charge in [0.1, 0.15) is 0 Å². The lowest BCUT2D eigenvalue weighted by Crippen LogP contribution is -2.30. The van der Waals surface area contributed by atoms with Crippen LogP contribution < -0.4 is 11.2 Å². The zero-order valence-electron chi connectivity index (χ0n) is 9.31. The van der Waals surface area contributed by atoms with E-state index < -0.39 is 22.9 Å². The van der Waals surface area contributed by atoms with Gasteiger partial charge in [-0.1, -0.05) is 0 Å². The molecule has 7 heteroatoms. The smallest absolute Gasteiger partial charge is 0.335 e. The second-order valence-corrected chi connectivity index (χ2v) is 4.31. The summed E-state index contributed by atoms with van der Waals surface area (Å²) < 4.78 is 13.9. The van der Waals surface area contributed by atoms with Gasteiger partial charge in [0.2, 0.25) is 11.7 Å². The van der Waals surface area contributed by atoms with Crippen molar-refractivity contribution in [3.05, 3.63) is 50.9 Å². The van der Waals surface area contributed by atoms with Gasteiger partial charge in [0, 0.05) is 4.90 Å². The van der Waals surface area contributed by atoms with Crippen LogP contribution in [0.4, 0.5) is 4.39 Å². The van der Waals surface area contributed by atoms with Crippen LogP contribution >= 0.6 is 11.8 Å². The van der Waals surface area contributed by atoms with Crippen molar-refractivity contribution in [3.63, 3.8) is 0 Å². The monoisotopic (exact) mass is 268 g/mol. The molecule has 5 nitrogen and oxygen atoms in total. The number of rotatable bonds is 2. The minimum absolute atomic E-state index is 0.269. The molecule has 0 saturated carbocycles. The first-order valence-corrected chi connectivity index (χ1v) is 6.15. The van der Waals surface area contributed by atoms with Crippen LogP contribution in [0.3, 0.4) is 0 Å². The zero-order valence-corrected chi connectivity index (χ0v) is 10.1. The summed E-state index contributed by atoms with van der Waals surface area (Å²) in [5, 5.41) is 9.50. The highest BCUT2D eigenvalue weighted by Crippen LogP contribution is 2.19. The average Bonchev–Trinajstić information content (AvgIpc) is 2.37. The molecule has 0 spiro atoms. The molecule has 0 aliphatic rings. The summed E-state index contributed by atoms with van der Waals surface area (Å²) >= 11 is 1.50. The van der Waals surface area contributed by atoms with Crippen molar-refractivity contribution in [2.24, 2.45) is 0 Å². The molecular weight excluding hydrogens is 259 g/mol. The van der Waals surface area contributed by atoms with Gasteiger partial charge >= 0.3 is 5.69 Å². The van der Waals surface area contributed by atoms with Gasteiger partial charge in [-0.25, -0.2) is 9.36 Å². The number of H-pyrrole nitrogens is 1. The van der Waals surface area contributed by atoms with E-state index >= 15 is 0 Å². The molecule has 0 unspecified atom stereocenters. The maximum Gasteiger partial charge on any atom is 0.335 e. The van der Waals surface area contributed by atoms with Gasteiger partial charge < -0.3 is 5.11 Å². The summed E-state index contributed by atoms with van der Waals surface area (Å²) in [7, 11) is 0. The summed E-state index contributed by atoms with van der Waals surface area (Å²) in [5.74, 6) is -2.39. The molecule has 0 radical (unpaired) electrons. The molecule has 18 heavy (non-hydrogen) atoms. The highest BCUT2D eigenvalue weighted by Gasteiger charge is 2.14. The summed E-state index contributed by atoms with van der Waals surface area (Å²) in [6.07, 6.45) is 1.89. The molecule has 2 N–H and O–H groups in total. The lowest BCUT2D eigenvalue weighted by molar-refractivity contribution is 0.386. The molecule has 1 aromatic heterocycles. The second kappa shape index (κ2) is 4.69. The number of halogens is 1. The molecule has 0 aliphatic heterocycles. The predicted molar refractivity (Wildman–Crippen MR) is 66.1 cm³/mol. The van der Waals surface area contributed by atoms with Crippen LogP contribution in [0.5, 0.6) is 5.88 Å². The van der Waals surface area contributed by atoms with Crippen LogP contribution in [0.15, 0.2) is 38.8 Å². The number of thioether (sulfide) groups is 1. The van der Waals surface area contributed by atoms with E-state index in [0.29, 0.717) is 4.57 Å². The van der Waals surface area contributed by atoms with E-state index in [4.69, 9.17) is 0 Å². The third kappa shape index (κ3) is 2.04. The number of hydrogen-bond acceptors (Lipinski definition) is 4. The van der Waals surface area contributed by atoms with Crippen molar-refractivity contribution in [2.45, 2.75) is 4.90 Å². The number of nitrogens with zero attached hydrogens (tertiary/aromatic N) is 1. The van der Waals surface area contributed by atoms with E-state index in [9.17, 15) is 19.1 Å². The Bertz CT molecular complexity index is 691. The highest BCUT2D eigenvalue weighted by atomic mass is 32.2. The summed E-state index contributed by atoms with van der Waals surface area (Å²) in [6, 6.07) is 6.53. The number of aromatic hydroxyl groups is 1. The SMILES string of the molecule is CSc1ccc(-n2c(O)c(F)c(=O)[nH]c2=O)cc1. The van der Waals surface area contributed by atoms with Gasteiger partial charge in [-0.3, -0.25) is 9.78 Å². The maximum atomic E-state index is 13.2. The molecule has 1 heterocycles. The molecular formula is C11H9FN2O3S. The van der Waals surface area contributed by atoms with Crippen molar-refractivity contribution < 1.29 is 9.50 Å². The molecule has 2 aromatic rings. The molecule has 0 amide bonds. The van der Waals surface area contributed by atoms with Gasteiger partial charge in [0.15, 0.2) is 0 Å². The van der Waals surface area contributed by atoms with Gasteiger partial charge in [0.05, 0.1) is 5.69 Å². The normalized spacial score (nSPS) is 10.6. The Balaban J connectivity index is 2.67. The first-order chi connectivity index (χ1) is 8.54. The Labute approximate surface area is 105 Å². The van der Waals surface area contributed by atoms with Crippen molar-refractivity contribution >= 4 is 11.8 Å². The van der Waals surface area contributed by atoms with Gasteiger partial charge in [0.25, 0.3) is 5.56 Å². The minimum atomic E-state index is -1.39. The molecule has 1 aromatic carbocycles. The van der Waals surface area contributed by atoms with Crippen molar-refractivity contribution in [1.29, 1.82) is 0 Å². The van der Waals surface area contributed by atoms with Gasteiger partial charge in [-0.15, -0.1) is 11.8 Å². The quantitative estimate of drug-likeness (QED) is 0.800. The summed E-state index contributed by atoms with van der Waals surface area (Å²) in [6.45, 7) is 0. The van der Waals surface area contributed by atoms with Gasteiger partial charge in [-0.05, 0) is 30.5 Å². The first-order valence-electron chi connectivity index (χ1n) is 4.93. The third-order valence-corrected chi connectivity index (χ3v) is 3.11. The Morgan fingerprint density at radius 2 is 1.89 bits per heavy atom. The fourth-order valence-corrected chi connectivity index (χ4v) is 1.88. The third-order valence-electron chi connectivity index (χ3n) is 2.36. The number of nitrogens with one attached hydrogen (secondary N) is 1. The fourth-order valence-electron chi connectivity index (χ4n) is 1.47. The maximum absolute atomic E-state index is 13.2. The molecule has 0 atom stereocenters. The van der Waals surface area contributed by atoms with E-state index in [-0.39, 0.29) is 5.69 Å². The Morgan fingerprint density at radius 1 is 1.28 bits per heavy atom. The number of hydrogen-bond donors (Lipinski definition) is 2. The number of benzene rings is 1. The first kappa shape index (κ1) is 12.4. The van der Waals surface area contributed by atoms with E-state index in [1.54, 1.807) is 29.2 Å². The van der Waals surface area contributed by atoms with Crippen LogP contribution in [0.1, 0.15) is 0 Å². The average molecular weight is 268 g/mol. The highest BCUT2D eigenvalue weighted by molar-refractivity contribution is 7.98. The van der Waals surface area contributed by atoms with Crippen molar-refractivity contribution in [1.82, 2.24) is 9.55 Å². The van der Waals surface area contributed by atoms with Crippen LogP contribution in [0.2, 0.25) is 0 Å². The van der Waals surface area contributed by atoms with E-state index in [1.165, 1.54) is 11.8 Å². The Morgan fingerprint density at radius 3 is 2.44 bits per heavy atom. The van der Waals surface area contributed by atoms with E-state index in [2.05, 4.69) is 0 Å². The van der Waals surface area contributed by atoms with Gasteiger partial charge in [-0.2, -0.15) is 4.39 Å². The number of aromatic amines is 1. The summed E-state index contributed by atoms with van der Waals surface area (Å²) in [4.78, 5) is 25.2. The number of aromatic nitrogens is 2. The topological polar surface area (TPSA) is 75.1 Å². The Hall–Kier alpha value is -2.02. The summed E-state index contributed by atoms with van der Waals surface area (Å²) in [5.41, 5.74) is -1.87. The van der Waals surface area contributed by atoms with Crippen LogP contribution in [0.25, 0.3) is 5.69 Å². The van der Waals surface area contributed by atoms with Crippen molar-refractivity contribution in [3.8, 4) is 11.6 Å². The second-order valence-electron chi connectivity index (χ2n) is 3.43. The van der Waals surface area contributed by atoms with E-state index in [1.807, 2.05) is 6.26 Å². The standard InChI is InChI=1S/C11H9FN2O3S/c1-18-7-4-2-6(3-5-7)14-10(16)8(12)9(15)13-11(14)17/h2-5,16H,1H3,(H,13,15,17). The van der Waals surface area contributed by atoms with Crippen LogP contribution in [-0.4, -0.2) is 20.9 Å². The van der Waals surface area contributed by atoms with Crippen molar-refractivity contribution in [2.75, 3.05) is 6.26 Å². The molecule has 0 saturated heterocycles. The molecule has 0 bridgehead atoms. The van der Waals surface area contributed by atoms with E-state index in [0.717, 1.165) is 4.90 Å². The lowest BCUT2D eigenvalue weighted by Gasteiger charge is -2.08. The fraction of sp³-hybridized carbons (Fsp3) is 0.0909.